The maximum atomic E-state index is 12.3. The van der Waals surface area contributed by atoms with Crippen molar-refractivity contribution in [3.8, 4) is 0 Å². The van der Waals surface area contributed by atoms with Gasteiger partial charge in [0.2, 0.25) is 0 Å². The Kier molecular flexibility index (Phi) is 5.78. The summed E-state index contributed by atoms with van der Waals surface area (Å²) in [7, 11) is 0. The zero-order valence-corrected chi connectivity index (χ0v) is 9.71. The van der Waals surface area contributed by atoms with Gasteiger partial charge < -0.3 is 5.11 Å². The number of carboxylic acids is 1. The molecule has 0 aromatic carbocycles. The van der Waals surface area contributed by atoms with Crippen LogP contribution >= 0.6 is 0 Å². The second-order valence-electron chi connectivity index (χ2n) is 4.16. The Balaban J connectivity index is 4.35. The van der Waals surface area contributed by atoms with Gasteiger partial charge in [-0.25, -0.2) is 0 Å². The van der Waals surface area contributed by atoms with Gasteiger partial charge in [-0.05, 0) is 27.2 Å². The van der Waals surface area contributed by atoms with E-state index in [2.05, 4.69) is 0 Å². The Bertz CT molecular complexity index is 229. The highest BCUT2D eigenvalue weighted by atomic mass is 19.4. The topological polar surface area (TPSA) is 40.5 Å². The second-order valence-corrected chi connectivity index (χ2v) is 4.16. The molecule has 0 aliphatic heterocycles. The normalized spacial score (nSPS) is 14.5. The lowest BCUT2D eigenvalue weighted by molar-refractivity contribution is -0.155. The molecule has 0 saturated carbocycles. The van der Waals surface area contributed by atoms with Crippen LogP contribution in [0.2, 0.25) is 0 Å². The second kappa shape index (κ2) is 6.08. The third-order valence-electron chi connectivity index (χ3n) is 2.37. The molecule has 1 atom stereocenters. The molecule has 1 unspecified atom stereocenters. The van der Waals surface area contributed by atoms with Crippen LogP contribution in [0.5, 0.6) is 0 Å². The number of carbonyl (C=O) groups is 1. The van der Waals surface area contributed by atoms with Crippen LogP contribution in [0.3, 0.4) is 0 Å². The Labute approximate surface area is 93.2 Å². The van der Waals surface area contributed by atoms with Crippen LogP contribution in [0.4, 0.5) is 13.2 Å². The lowest BCUT2D eigenvalue weighted by Crippen LogP contribution is -2.44. The van der Waals surface area contributed by atoms with Gasteiger partial charge in [0.15, 0.2) is 0 Å². The van der Waals surface area contributed by atoms with Crippen LogP contribution in [0.25, 0.3) is 0 Å². The van der Waals surface area contributed by atoms with Gasteiger partial charge in [-0.1, -0.05) is 0 Å². The monoisotopic (exact) mass is 241 g/mol. The maximum Gasteiger partial charge on any atom is 0.401 e. The lowest BCUT2D eigenvalue weighted by Gasteiger charge is -2.33. The largest absolute Gasteiger partial charge is 0.481 e. The van der Waals surface area contributed by atoms with Gasteiger partial charge in [0.05, 0.1) is 6.54 Å². The summed E-state index contributed by atoms with van der Waals surface area (Å²) in [5.41, 5.74) is 0. The molecule has 3 nitrogen and oxygen atoms in total. The zero-order chi connectivity index (χ0) is 12.9. The van der Waals surface area contributed by atoms with Gasteiger partial charge in [0.25, 0.3) is 0 Å². The summed E-state index contributed by atoms with van der Waals surface area (Å²) in [6.07, 6.45) is -4.13. The van der Waals surface area contributed by atoms with E-state index in [-0.39, 0.29) is 18.9 Å². The van der Waals surface area contributed by atoms with Gasteiger partial charge in [-0.15, -0.1) is 0 Å². The summed E-state index contributed by atoms with van der Waals surface area (Å²) in [6, 6.07) is -0.650. The van der Waals surface area contributed by atoms with Crippen molar-refractivity contribution in [2.24, 2.45) is 0 Å². The molecule has 0 rings (SSSR count). The van der Waals surface area contributed by atoms with Crippen molar-refractivity contribution < 1.29 is 23.1 Å². The van der Waals surface area contributed by atoms with E-state index in [1.807, 2.05) is 0 Å². The molecule has 0 fully saturated rings. The molecular weight excluding hydrogens is 223 g/mol. The SMILES string of the molecule is CC(C)N(CC(F)(F)F)C(C)CCC(=O)O. The standard InChI is InChI=1S/C10H18F3NO2/c1-7(2)14(6-10(11,12)13)8(3)4-5-9(15)16/h7-8H,4-6H2,1-3H3,(H,15,16). The number of hydrogen-bond donors (Lipinski definition) is 1. The first-order valence-electron chi connectivity index (χ1n) is 5.17. The minimum atomic E-state index is -4.25. The molecule has 0 aromatic heterocycles. The fraction of sp³-hybridized carbons (Fsp3) is 0.900. The first-order valence-corrected chi connectivity index (χ1v) is 5.17. The Morgan fingerprint density at radius 1 is 1.31 bits per heavy atom. The van der Waals surface area contributed by atoms with E-state index in [1.165, 1.54) is 4.90 Å². The summed E-state index contributed by atoms with van der Waals surface area (Å²) in [5.74, 6) is -0.984. The van der Waals surface area contributed by atoms with Crippen LogP contribution in [0.1, 0.15) is 33.6 Å². The molecule has 0 aliphatic rings. The average Bonchev–Trinajstić information content (AvgIpc) is 2.08. The third kappa shape index (κ3) is 6.66. The summed E-state index contributed by atoms with van der Waals surface area (Å²) in [4.78, 5) is 11.6. The number of halogens is 3. The summed E-state index contributed by atoms with van der Waals surface area (Å²) >= 11 is 0. The van der Waals surface area contributed by atoms with E-state index in [1.54, 1.807) is 20.8 Å². The quantitative estimate of drug-likeness (QED) is 0.776. The first-order chi connectivity index (χ1) is 7.13. The molecule has 0 heterocycles. The minimum Gasteiger partial charge on any atom is -0.481 e. The molecular formula is C10H18F3NO2. The van der Waals surface area contributed by atoms with Crippen molar-refractivity contribution >= 4 is 5.97 Å². The predicted molar refractivity (Wildman–Crippen MR) is 54.2 cm³/mol. The molecule has 6 heteroatoms. The molecule has 0 amide bonds. The van der Waals surface area contributed by atoms with E-state index < -0.39 is 24.7 Å². The van der Waals surface area contributed by atoms with Gasteiger partial charge in [0.1, 0.15) is 0 Å². The van der Waals surface area contributed by atoms with E-state index in [9.17, 15) is 18.0 Å². The highest BCUT2D eigenvalue weighted by Gasteiger charge is 2.33. The Morgan fingerprint density at radius 3 is 2.12 bits per heavy atom. The van der Waals surface area contributed by atoms with Crippen molar-refractivity contribution in [2.45, 2.75) is 51.9 Å². The molecule has 0 aliphatic carbocycles. The van der Waals surface area contributed by atoms with Crippen molar-refractivity contribution in [3.63, 3.8) is 0 Å². The Morgan fingerprint density at radius 2 is 1.81 bits per heavy atom. The molecule has 0 radical (unpaired) electrons. The van der Waals surface area contributed by atoms with E-state index in [0.29, 0.717) is 0 Å². The van der Waals surface area contributed by atoms with Crippen LogP contribution < -0.4 is 0 Å². The average molecular weight is 241 g/mol. The van der Waals surface area contributed by atoms with Crippen molar-refractivity contribution in [1.82, 2.24) is 4.90 Å². The minimum absolute atomic E-state index is 0.109. The smallest absolute Gasteiger partial charge is 0.401 e. The highest BCUT2D eigenvalue weighted by Crippen LogP contribution is 2.21. The van der Waals surface area contributed by atoms with Crippen molar-refractivity contribution in [1.29, 1.82) is 0 Å². The number of hydrogen-bond acceptors (Lipinski definition) is 2. The van der Waals surface area contributed by atoms with Crippen molar-refractivity contribution in [2.75, 3.05) is 6.54 Å². The summed E-state index contributed by atoms with van der Waals surface area (Å²) in [5, 5.41) is 8.47. The van der Waals surface area contributed by atoms with Gasteiger partial charge in [0, 0.05) is 18.5 Å². The van der Waals surface area contributed by atoms with Crippen LogP contribution in [0.15, 0.2) is 0 Å². The molecule has 96 valence electrons. The van der Waals surface area contributed by atoms with Crippen LogP contribution in [-0.4, -0.2) is 40.8 Å². The lowest BCUT2D eigenvalue weighted by atomic mass is 10.1. The first kappa shape index (κ1) is 15.2. The van der Waals surface area contributed by atoms with Crippen molar-refractivity contribution in [3.05, 3.63) is 0 Å². The highest BCUT2D eigenvalue weighted by molar-refractivity contribution is 5.66. The predicted octanol–water partition coefficient (Wildman–Crippen LogP) is 2.51. The zero-order valence-electron chi connectivity index (χ0n) is 9.71. The van der Waals surface area contributed by atoms with Crippen LogP contribution in [-0.2, 0) is 4.79 Å². The molecule has 0 saturated heterocycles. The fourth-order valence-electron chi connectivity index (χ4n) is 1.55. The van der Waals surface area contributed by atoms with Crippen LogP contribution in [0, 0.1) is 0 Å². The maximum absolute atomic E-state index is 12.3. The molecule has 0 spiro atoms. The molecule has 16 heavy (non-hydrogen) atoms. The van der Waals surface area contributed by atoms with Gasteiger partial charge in [-0.3, -0.25) is 9.69 Å². The molecule has 0 bridgehead atoms. The number of carboxylic acid groups (broad SMARTS) is 1. The van der Waals surface area contributed by atoms with E-state index >= 15 is 0 Å². The number of alkyl halides is 3. The molecule has 1 N–H and O–H groups in total. The Hall–Kier alpha value is -0.780. The van der Waals surface area contributed by atoms with E-state index in [4.69, 9.17) is 5.11 Å². The third-order valence-corrected chi connectivity index (χ3v) is 2.37. The number of rotatable bonds is 6. The molecule has 0 aromatic rings. The van der Waals surface area contributed by atoms with Gasteiger partial charge in [-0.2, -0.15) is 13.2 Å². The van der Waals surface area contributed by atoms with Gasteiger partial charge >= 0.3 is 12.1 Å². The fourth-order valence-corrected chi connectivity index (χ4v) is 1.55. The number of nitrogens with zero attached hydrogens (tertiary/aromatic N) is 1. The van der Waals surface area contributed by atoms with E-state index in [0.717, 1.165) is 0 Å². The summed E-state index contributed by atoms with van der Waals surface area (Å²) < 4.78 is 36.8. The number of aliphatic carboxylic acids is 1. The summed E-state index contributed by atoms with van der Waals surface area (Å²) in [6.45, 7) is 3.96.